The summed E-state index contributed by atoms with van der Waals surface area (Å²) in [5, 5.41) is 0. The molecular formula is C27H31O3S+. The largest absolute Gasteiger partial charge is 0.463 e. The molecule has 0 aliphatic heterocycles. The highest BCUT2D eigenvalue weighted by Gasteiger charge is 2.34. The van der Waals surface area contributed by atoms with Gasteiger partial charge in [0.2, 0.25) is 0 Å². The molecule has 0 spiro atoms. The standard InChI is InChI=1S/C27H31O3S/c1-27(30-21-20-29-26(28)22-10-8-9-11-22)18-16-25(17-19-27)31(23-12-4-2-5-13-23)24-14-6-3-7-15-24/h2-7,12-18,22H,8-11,19-21H2,1H3/q+1. The fourth-order valence-corrected chi connectivity index (χ4v) is 6.30. The fraction of sp³-hybridized carbons (Fsp3) is 0.370. The first-order valence-corrected chi connectivity index (χ1v) is 12.4. The fourth-order valence-electron chi connectivity index (χ4n) is 4.17. The summed E-state index contributed by atoms with van der Waals surface area (Å²) in [6, 6.07) is 21.3. The van der Waals surface area contributed by atoms with Crippen molar-refractivity contribution < 1.29 is 14.3 Å². The minimum Gasteiger partial charge on any atom is -0.463 e. The molecule has 0 saturated heterocycles. The van der Waals surface area contributed by atoms with E-state index < -0.39 is 0 Å². The van der Waals surface area contributed by atoms with E-state index in [1.165, 1.54) is 14.7 Å². The Balaban J connectivity index is 1.36. The van der Waals surface area contributed by atoms with Crippen LogP contribution in [0.2, 0.25) is 0 Å². The lowest BCUT2D eigenvalue weighted by Crippen LogP contribution is -2.30. The monoisotopic (exact) mass is 435 g/mol. The molecule has 0 radical (unpaired) electrons. The number of rotatable bonds is 8. The van der Waals surface area contributed by atoms with Crippen molar-refractivity contribution >= 4 is 16.9 Å². The van der Waals surface area contributed by atoms with E-state index in [0.717, 1.165) is 32.1 Å². The van der Waals surface area contributed by atoms with Gasteiger partial charge in [-0.3, -0.25) is 4.79 Å². The molecule has 1 unspecified atom stereocenters. The molecule has 0 amide bonds. The summed E-state index contributed by atoms with van der Waals surface area (Å²) < 4.78 is 11.6. The van der Waals surface area contributed by atoms with Crippen molar-refractivity contribution in [1.82, 2.24) is 0 Å². The zero-order valence-electron chi connectivity index (χ0n) is 18.2. The topological polar surface area (TPSA) is 35.5 Å². The molecule has 0 N–H and O–H groups in total. The van der Waals surface area contributed by atoms with Crippen LogP contribution in [0.3, 0.4) is 0 Å². The first kappa shape index (κ1) is 21.9. The van der Waals surface area contributed by atoms with Gasteiger partial charge in [-0.05, 0) is 62.3 Å². The zero-order chi connectivity index (χ0) is 21.5. The Morgan fingerprint density at radius 1 is 0.968 bits per heavy atom. The van der Waals surface area contributed by atoms with Crippen LogP contribution in [0.15, 0.2) is 93.6 Å². The summed E-state index contributed by atoms with van der Waals surface area (Å²) in [5.74, 6) is 0.0481. The van der Waals surface area contributed by atoms with Gasteiger partial charge in [-0.2, -0.15) is 0 Å². The highest BCUT2D eigenvalue weighted by Crippen LogP contribution is 2.35. The summed E-state index contributed by atoms with van der Waals surface area (Å²) in [6.07, 6.45) is 11.7. The summed E-state index contributed by atoms with van der Waals surface area (Å²) in [4.78, 5) is 16.0. The molecule has 31 heavy (non-hydrogen) atoms. The SMILES string of the molecule is CC1(OCCOC(=O)C2CCCC2)C=CC([S+](c2ccccc2)c2ccccc2)=CC1. The molecule has 1 atom stereocenters. The predicted molar refractivity (Wildman–Crippen MR) is 126 cm³/mol. The number of allylic oxidation sites excluding steroid dienone is 1. The lowest BCUT2D eigenvalue weighted by molar-refractivity contribution is -0.151. The highest BCUT2D eigenvalue weighted by atomic mass is 32.2. The molecule has 4 heteroatoms. The van der Waals surface area contributed by atoms with E-state index in [1.807, 2.05) is 0 Å². The molecule has 1 fully saturated rings. The molecule has 162 valence electrons. The van der Waals surface area contributed by atoms with Crippen LogP contribution in [-0.2, 0) is 25.2 Å². The van der Waals surface area contributed by atoms with Crippen LogP contribution >= 0.6 is 0 Å². The van der Waals surface area contributed by atoms with E-state index in [2.05, 4.69) is 85.8 Å². The van der Waals surface area contributed by atoms with Gasteiger partial charge >= 0.3 is 5.97 Å². The third-order valence-corrected chi connectivity index (χ3v) is 8.21. The third-order valence-electron chi connectivity index (χ3n) is 5.95. The van der Waals surface area contributed by atoms with Crippen LogP contribution in [0.1, 0.15) is 39.0 Å². The van der Waals surface area contributed by atoms with Crippen LogP contribution in [0.5, 0.6) is 0 Å². The molecule has 2 aliphatic carbocycles. The number of benzene rings is 2. The van der Waals surface area contributed by atoms with Crippen molar-refractivity contribution in [1.29, 1.82) is 0 Å². The lowest BCUT2D eigenvalue weighted by atomic mass is 9.97. The Hall–Kier alpha value is -2.30. The number of carbonyl (C=O) groups excluding carboxylic acids is 1. The summed E-state index contributed by atoms with van der Waals surface area (Å²) in [6.45, 7) is 2.85. The predicted octanol–water partition coefficient (Wildman–Crippen LogP) is 6.08. The maximum atomic E-state index is 12.1. The van der Waals surface area contributed by atoms with Gasteiger partial charge < -0.3 is 9.47 Å². The second-order valence-corrected chi connectivity index (χ2v) is 10.4. The van der Waals surface area contributed by atoms with Gasteiger partial charge in [0, 0.05) is 6.42 Å². The number of esters is 1. The van der Waals surface area contributed by atoms with Crippen LogP contribution in [0.4, 0.5) is 0 Å². The van der Waals surface area contributed by atoms with E-state index in [9.17, 15) is 4.79 Å². The summed E-state index contributed by atoms with van der Waals surface area (Å²) >= 11 is 0. The van der Waals surface area contributed by atoms with Crippen LogP contribution in [0.25, 0.3) is 0 Å². The Morgan fingerprint density at radius 2 is 1.58 bits per heavy atom. The Kier molecular flexibility index (Phi) is 7.31. The third kappa shape index (κ3) is 5.69. The summed E-state index contributed by atoms with van der Waals surface area (Å²) in [5.41, 5.74) is -0.369. The minimum atomic E-state index is -0.369. The van der Waals surface area contributed by atoms with E-state index in [0.29, 0.717) is 13.2 Å². The van der Waals surface area contributed by atoms with Gasteiger partial charge in [0.1, 0.15) is 6.61 Å². The number of hydrogen-bond donors (Lipinski definition) is 0. The average Bonchev–Trinajstić information content (AvgIpc) is 3.35. The van der Waals surface area contributed by atoms with Crippen LogP contribution in [-0.4, -0.2) is 24.8 Å². The van der Waals surface area contributed by atoms with Gasteiger partial charge in [-0.1, -0.05) is 49.2 Å². The van der Waals surface area contributed by atoms with Crippen LogP contribution in [0, 0.1) is 5.92 Å². The Labute approximate surface area is 188 Å². The molecular weight excluding hydrogens is 404 g/mol. The van der Waals surface area contributed by atoms with E-state index >= 15 is 0 Å². The maximum Gasteiger partial charge on any atom is 0.309 e. The zero-order valence-corrected chi connectivity index (χ0v) is 19.0. The van der Waals surface area contributed by atoms with E-state index in [4.69, 9.17) is 9.47 Å². The van der Waals surface area contributed by atoms with E-state index in [-0.39, 0.29) is 28.4 Å². The number of carbonyl (C=O) groups is 1. The Morgan fingerprint density at radius 3 is 2.13 bits per heavy atom. The smallest absolute Gasteiger partial charge is 0.309 e. The molecule has 0 bridgehead atoms. The van der Waals surface area contributed by atoms with Crippen LogP contribution < -0.4 is 0 Å². The van der Waals surface area contributed by atoms with Gasteiger partial charge in [0.15, 0.2) is 14.7 Å². The molecule has 3 nitrogen and oxygen atoms in total. The lowest BCUT2D eigenvalue weighted by Gasteiger charge is -2.28. The molecule has 1 saturated carbocycles. The van der Waals surface area contributed by atoms with Gasteiger partial charge in [-0.15, -0.1) is 0 Å². The van der Waals surface area contributed by atoms with Crippen molar-refractivity contribution in [2.75, 3.05) is 13.2 Å². The van der Waals surface area contributed by atoms with Crippen molar-refractivity contribution in [3.05, 3.63) is 83.8 Å². The van der Waals surface area contributed by atoms with Crippen molar-refractivity contribution in [2.45, 2.75) is 54.4 Å². The second-order valence-electron chi connectivity index (χ2n) is 8.39. The first-order valence-electron chi connectivity index (χ1n) is 11.2. The molecule has 0 heterocycles. The average molecular weight is 436 g/mol. The quantitative estimate of drug-likeness (QED) is 0.287. The van der Waals surface area contributed by atoms with Gasteiger partial charge in [0.25, 0.3) is 0 Å². The summed E-state index contributed by atoms with van der Waals surface area (Å²) in [7, 11) is -0.137. The number of ether oxygens (including phenoxy) is 2. The minimum absolute atomic E-state index is 0.0533. The maximum absolute atomic E-state index is 12.1. The van der Waals surface area contributed by atoms with Crippen molar-refractivity contribution in [2.24, 2.45) is 5.92 Å². The molecule has 2 aliphatic rings. The molecule has 4 rings (SSSR count). The van der Waals surface area contributed by atoms with Gasteiger partial charge in [0.05, 0.1) is 29.0 Å². The Bertz CT molecular complexity index is 877. The second kappa shape index (κ2) is 10.3. The van der Waals surface area contributed by atoms with E-state index in [1.54, 1.807) is 0 Å². The van der Waals surface area contributed by atoms with Gasteiger partial charge in [-0.25, -0.2) is 0 Å². The first-order chi connectivity index (χ1) is 15.1. The molecule has 2 aromatic rings. The molecule has 2 aromatic carbocycles. The normalized spacial score (nSPS) is 21.3. The number of hydrogen-bond acceptors (Lipinski definition) is 3. The molecule has 0 aromatic heterocycles. The highest BCUT2D eigenvalue weighted by molar-refractivity contribution is 8.00. The van der Waals surface area contributed by atoms with Crippen molar-refractivity contribution in [3.63, 3.8) is 0 Å². The van der Waals surface area contributed by atoms with Crippen molar-refractivity contribution in [3.8, 4) is 0 Å².